The molecule has 0 aromatic carbocycles. The van der Waals surface area contributed by atoms with Crippen LogP contribution < -0.4 is 5.73 Å². The average molecular weight is 694 g/mol. The van der Waals surface area contributed by atoms with Crippen LogP contribution in [0, 0.1) is 0 Å². The van der Waals surface area contributed by atoms with Crippen molar-refractivity contribution in [1.29, 1.82) is 0 Å². The molecule has 10 heteroatoms. The predicted octanol–water partition coefficient (Wildman–Crippen LogP) is 9.54. The Bertz CT molecular complexity index is 1020. The summed E-state index contributed by atoms with van der Waals surface area (Å²) >= 11 is 0. The van der Waals surface area contributed by atoms with E-state index in [0.29, 0.717) is 12.8 Å². The molecule has 2 atom stereocenters. The highest BCUT2D eigenvalue weighted by atomic mass is 31.2. The van der Waals surface area contributed by atoms with Crippen LogP contribution >= 0.6 is 7.82 Å². The van der Waals surface area contributed by atoms with Crippen molar-refractivity contribution in [2.24, 2.45) is 5.73 Å². The van der Waals surface area contributed by atoms with Gasteiger partial charge in [-0.25, -0.2) is 4.57 Å². The molecule has 0 aliphatic carbocycles. The number of carbonyl (C=O) groups excluding carboxylic acids is 2. The van der Waals surface area contributed by atoms with Crippen LogP contribution in [0.25, 0.3) is 0 Å². The topological polar surface area (TPSA) is 134 Å². The molecule has 0 fully saturated rings. The highest BCUT2D eigenvalue weighted by Crippen LogP contribution is 2.43. The predicted molar refractivity (Wildman–Crippen MR) is 196 cm³/mol. The van der Waals surface area contributed by atoms with Crippen molar-refractivity contribution >= 4 is 19.8 Å². The molecule has 0 saturated carbocycles. The van der Waals surface area contributed by atoms with Crippen LogP contribution in [0.1, 0.15) is 123 Å². The molecule has 0 saturated heterocycles. The summed E-state index contributed by atoms with van der Waals surface area (Å²) in [5.41, 5.74) is 5.32. The maximum Gasteiger partial charge on any atom is 0.472 e. The molecule has 0 aliphatic heterocycles. The lowest BCUT2D eigenvalue weighted by atomic mass is 10.1. The smallest absolute Gasteiger partial charge is 0.462 e. The third-order valence-corrected chi connectivity index (χ3v) is 7.92. The lowest BCUT2D eigenvalue weighted by Crippen LogP contribution is -2.29. The van der Waals surface area contributed by atoms with Crippen molar-refractivity contribution in [3.8, 4) is 0 Å². The van der Waals surface area contributed by atoms with Crippen LogP contribution in [-0.4, -0.2) is 49.3 Å². The molecule has 0 amide bonds. The Hall–Kier alpha value is -2.55. The molecule has 0 aromatic rings. The zero-order valence-corrected chi connectivity index (χ0v) is 30.6. The van der Waals surface area contributed by atoms with Gasteiger partial charge in [-0.1, -0.05) is 125 Å². The molecule has 0 rings (SSSR count). The molecule has 0 heterocycles. The van der Waals surface area contributed by atoms with Crippen molar-refractivity contribution in [2.45, 2.75) is 129 Å². The van der Waals surface area contributed by atoms with Crippen LogP contribution in [0.2, 0.25) is 0 Å². The number of ether oxygens (including phenoxy) is 2. The normalized spacial score (nSPS) is 14.3. The van der Waals surface area contributed by atoms with Gasteiger partial charge in [-0.2, -0.15) is 0 Å². The van der Waals surface area contributed by atoms with Crippen LogP contribution in [0.4, 0.5) is 0 Å². The molecular weight excluding hydrogens is 629 g/mol. The van der Waals surface area contributed by atoms with Crippen LogP contribution in [0.5, 0.6) is 0 Å². The quantitative estimate of drug-likeness (QED) is 0.0232. The fourth-order valence-electron chi connectivity index (χ4n) is 4.33. The highest BCUT2D eigenvalue weighted by molar-refractivity contribution is 7.47. The lowest BCUT2D eigenvalue weighted by Gasteiger charge is -2.19. The maximum atomic E-state index is 12.5. The molecule has 48 heavy (non-hydrogen) atoms. The minimum atomic E-state index is -4.39. The zero-order valence-electron chi connectivity index (χ0n) is 29.7. The van der Waals surface area contributed by atoms with E-state index in [9.17, 15) is 19.0 Å². The van der Waals surface area contributed by atoms with E-state index in [1.807, 2.05) is 36.5 Å². The fraction of sp³-hybridized carbons (Fsp3) is 0.632. The molecule has 0 aliphatic rings. The zero-order chi connectivity index (χ0) is 35.4. The Labute approximate surface area is 291 Å². The SMILES string of the molecule is CC/C=C/C=C/C=C/C=C/CCCCCC(=O)OC(COC(=O)CCCCCCCCC/C=C/C/C=C/CC)COP(=O)(O)OCCN. The average Bonchev–Trinajstić information content (AvgIpc) is 3.07. The summed E-state index contributed by atoms with van der Waals surface area (Å²) in [6, 6.07) is 0. The monoisotopic (exact) mass is 693 g/mol. The number of allylic oxidation sites excluding steroid dienone is 12. The van der Waals surface area contributed by atoms with Gasteiger partial charge in [0.25, 0.3) is 0 Å². The Morgan fingerprint density at radius 1 is 0.646 bits per heavy atom. The first kappa shape index (κ1) is 45.5. The molecule has 0 bridgehead atoms. The summed E-state index contributed by atoms with van der Waals surface area (Å²) in [4.78, 5) is 34.6. The van der Waals surface area contributed by atoms with E-state index in [0.717, 1.165) is 64.2 Å². The van der Waals surface area contributed by atoms with E-state index < -0.39 is 32.5 Å². The highest BCUT2D eigenvalue weighted by Gasteiger charge is 2.25. The number of nitrogens with two attached hydrogens (primary N) is 1. The second kappa shape index (κ2) is 34.3. The first-order chi connectivity index (χ1) is 23.3. The number of phosphoric acid groups is 1. The molecule has 274 valence electrons. The number of unbranched alkanes of at least 4 members (excludes halogenated alkanes) is 10. The number of hydrogen-bond acceptors (Lipinski definition) is 8. The van der Waals surface area contributed by atoms with E-state index >= 15 is 0 Å². The van der Waals surface area contributed by atoms with Crippen molar-refractivity contribution in [2.75, 3.05) is 26.4 Å². The van der Waals surface area contributed by atoms with Crippen molar-refractivity contribution < 1.29 is 37.6 Å². The summed E-state index contributed by atoms with van der Waals surface area (Å²) in [6.07, 6.45) is 39.4. The van der Waals surface area contributed by atoms with Gasteiger partial charge in [-0.15, -0.1) is 0 Å². The van der Waals surface area contributed by atoms with Crippen molar-refractivity contribution in [3.05, 3.63) is 72.9 Å². The third kappa shape index (κ3) is 33.4. The van der Waals surface area contributed by atoms with Crippen molar-refractivity contribution in [1.82, 2.24) is 0 Å². The summed E-state index contributed by atoms with van der Waals surface area (Å²) in [7, 11) is -4.39. The molecular formula is C38H64NO8P. The fourth-order valence-corrected chi connectivity index (χ4v) is 5.09. The van der Waals surface area contributed by atoms with Crippen LogP contribution in [0.15, 0.2) is 72.9 Å². The maximum absolute atomic E-state index is 12.5. The van der Waals surface area contributed by atoms with Crippen LogP contribution in [0.3, 0.4) is 0 Å². The number of carbonyl (C=O) groups is 2. The Kier molecular flexibility index (Phi) is 32.5. The molecule has 3 N–H and O–H groups in total. The Morgan fingerprint density at radius 2 is 1.19 bits per heavy atom. The largest absolute Gasteiger partial charge is 0.472 e. The minimum Gasteiger partial charge on any atom is -0.462 e. The van der Waals surface area contributed by atoms with Gasteiger partial charge in [0.2, 0.25) is 0 Å². The van der Waals surface area contributed by atoms with Gasteiger partial charge in [-0.3, -0.25) is 18.6 Å². The molecule has 2 unspecified atom stereocenters. The van der Waals surface area contributed by atoms with Gasteiger partial charge in [0.05, 0.1) is 13.2 Å². The van der Waals surface area contributed by atoms with E-state index in [4.69, 9.17) is 24.3 Å². The summed E-state index contributed by atoms with van der Waals surface area (Å²) in [5.74, 6) is -0.895. The van der Waals surface area contributed by atoms with Crippen LogP contribution in [-0.2, 0) is 32.7 Å². The summed E-state index contributed by atoms with van der Waals surface area (Å²) in [6.45, 7) is 3.38. The van der Waals surface area contributed by atoms with Crippen molar-refractivity contribution in [3.63, 3.8) is 0 Å². The molecule has 0 radical (unpaired) electrons. The first-order valence-corrected chi connectivity index (χ1v) is 19.5. The van der Waals surface area contributed by atoms with Gasteiger partial charge in [0.15, 0.2) is 6.10 Å². The van der Waals surface area contributed by atoms with E-state index in [1.54, 1.807) is 0 Å². The third-order valence-electron chi connectivity index (χ3n) is 6.93. The second-order valence-electron chi connectivity index (χ2n) is 11.4. The van der Waals surface area contributed by atoms with E-state index in [-0.39, 0.29) is 32.6 Å². The summed E-state index contributed by atoms with van der Waals surface area (Å²) in [5, 5.41) is 0. The lowest BCUT2D eigenvalue weighted by molar-refractivity contribution is -0.161. The van der Waals surface area contributed by atoms with Gasteiger partial charge in [0, 0.05) is 19.4 Å². The number of esters is 2. The number of phosphoric ester groups is 1. The Balaban J connectivity index is 4.35. The van der Waals surface area contributed by atoms with Gasteiger partial charge in [0.1, 0.15) is 6.61 Å². The first-order valence-electron chi connectivity index (χ1n) is 18.0. The van der Waals surface area contributed by atoms with Gasteiger partial charge < -0.3 is 20.1 Å². The van der Waals surface area contributed by atoms with E-state index in [2.05, 4.69) is 50.3 Å². The molecule has 9 nitrogen and oxygen atoms in total. The minimum absolute atomic E-state index is 0.0414. The Morgan fingerprint density at radius 3 is 1.85 bits per heavy atom. The second-order valence-corrected chi connectivity index (χ2v) is 12.9. The van der Waals surface area contributed by atoms with Gasteiger partial charge in [-0.05, 0) is 57.8 Å². The summed E-state index contributed by atoms with van der Waals surface area (Å²) < 4.78 is 32.5. The molecule has 0 aromatic heterocycles. The number of hydrogen-bond donors (Lipinski definition) is 2. The van der Waals surface area contributed by atoms with Gasteiger partial charge >= 0.3 is 19.8 Å². The standard InChI is InChI=1S/C38H64NO8P/c1-3-5-7-9-11-13-15-17-19-20-22-24-26-28-30-37(40)44-34-36(35-46-48(42,43)45-33-32-39)47-38(41)31-29-27-25-23-21-18-16-14-12-10-8-6-4-2/h5-8,10-14,16,18,21,36H,3-4,9,15,17,19-20,22-35,39H2,1-2H3,(H,42,43)/b7-5+,8-6+,12-10+,13-11+,16-14+,21-18+. The molecule has 0 spiro atoms. The van der Waals surface area contributed by atoms with E-state index in [1.165, 1.54) is 19.3 Å². The number of rotatable bonds is 32.